The molecule has 0 aromatic heterocycles. The van der Waals surface area contributed by atoms with Gasteiger partial charge in [0, 0.05) is 33.2 Å². The van der Waals surface area contributed by atoms with E-state index in [0.29, 0.717) is 31.4 Å². The first-order chi connectivity index (χ1) is 11.3. The Bertz CT molecular complexity index is 491. The van der Waals surface area contributed by atoms with Crippen molar-refractivity contribution in [3.8, 4) is 0 Å². The second kappa shape index (κ2) is 8.38. The third-order valence-electron chi connectivity index (χ3n) is 4.61. The van der Waals surface area contributed by atoms with E-state index in [4.69, 9.17) is 17.0 Å². The van der Waals surface area contributed by atoms with Gasteiger partial charge in [0.2, 0.25) is 5.91 Å². The Morgan fingerprint density at radius 1 is 1.38 bits per heavy atom. The number of cyclic esters (lactones) is 1. The van der Waals surface area contributed by atoms with Crippen LogP contribution >= 0.6 is 24.0 Å². The topological polar surface area (TPSA) is 53.1 Å². The van der Waals surface area contributed by atoms with E-state index in [1.165, 1.54) is 11.8 Å². The fourth-order valence-electron chi connectivity index (χ4n) is 3.12. The van der Waals surface area contributed by atoms with E-state index in [9.17, 15) is 9.59 Å². The zero-order valence-corrected chi connectivity index (χ0v) is 16.5. The molecule has 0 bridgehead atoms. The number of thiocarbonyl (C=S) groups is 1. The van der Waals surface area contributed by atoms with Gasteiger partial charge in [0.05, 0.1) is 11.8 Å². The van der Waals surface area contributed by atoms with E-state index in [2.05, 4.69) is 13.8 Å². The first-order valence-corrected chi connectivity index (χ1v) is 9.77. The van der Waals surface area contributed by atoms with Gasteiger partial charge < -0.3 is 14.5 Å². The Morgan fingerprint density at radius 3 is 2.54 bits per heavy atom. The number of rotatable bonds is 4. The monoisotopic (exact) mass is 373 g/mol. The molecule has 24 heavy (non-hydrogen) atoms. The van der Waals surface area contributed by atoms with Crippen molar-refractivity contribution in [1.29, 1.82) is 0 Å². The smallest absolute Gasteiger partial charge is 0.410 e. The zero-order chi connectivity index (χ0) is 17.9. The molecule has 0 aromatic carbocycles. The van der Waals surface area contributed by atoms with Crippen LogP contribution in [0.2, 0.25) is 0 Å². The van der Waals surface area contributed by atoms with Crippen LogP contribution in [0.1, 0.15) is 26.7 Å². The number of piperidine rings is 1. The van der Waals surface area contributed by atoms with Gasteiger partial charge in [-0.2, -0.15) is 0 Å². The molecule has 0 spiro atoms. The second-order valence-corrected chi connectivity index (χ2v) is 8.47. The van der Waals surface area contributed by atoms with Crippen molar-refractivity contribution in [3.63, 3.8) is 0 Å². The Balaban J connectivity index is 1.83. The fraction of sp³-hybridized carbons (Fsp3) is 0.812. The average Bonchev–Trinajstić information content (AvgIpc) is 2.94. The number of hydrogen-bond acceptors (Lipinski definition) is 5. The minimum atomic E-state index is -0.203. The van der Waals surface area contributed by atoms with Gasteiger partial charge >= 0.3 is 6.09 Å². The molecule has 2 saturated heterocycles. The summed E-state index contributed by atoms with van der Waals surface area (Å²) in [6.07, 6.45) is 1.42. The predicted octanol–water partition coefficient (Wildman–Crippen LogP) is 2.03. The number of likely N-dealkylation sites (tertiary alicyclic amines) is 1. The number of carbonyl (C=O) groups excluding carboxylic acids is 2. The highest BCUT2D eigenvalue weighted by Crippen LogP contribution is 2.27. The maximum atomic E-state index is 12.3. The highest BCUT2D eigenvalue weighted by Gasteiger charge is 2.41. The summed E-state index contributed by atoms with van der Waals surface area (Å²) >= 11 is 6.60. The van der Waals surface area contributed by atoms with Crippen LogP contribution in [0.4, 0.5) is 4.79 Å². The predicted molar refractivity (Wildman–Crippen MR) is 100 cm³/mol. The van der Waals surface area contributed by atoms with Crippen LogP contribution in [0.3, 0.4) is 0 Å². The Hall–Kier alpha value is -1.02. The maximum absolute atomic E-state index is 12.3. The molecule has 2 aliphatic rings. The van der Waals surface area contributed by atoms with E-state index in [1.807, 2.05) is 28.8 Å². The molecule has 1 unspecified atom stereocenters. The van der Waals surface area contributed by atoms with Gasteiger partial charge in [-0.25, -0.2) is 4.79 Å². The van der Waals surface area contributed by atoms with Gasteiger partial charge in [-0.15, -0.1) is 0 Å². The van der Waals surface area contributed by atoms with Crippen LogP contribution in [-0.2, 0) is 9.53 Å². The van der Waals surface area contributed by atoms with Crippen molar-refractivity contribution in [2.75, 3.05) is 39.5 Å². The summed E-state index contributed by atoms with van der Waals surface area (Å²) in [4.78, 5) is 30.0. The second-order valence-electron chi connectivity index (χ2n) is 6.86. The lowest BCUT2D eigenvalue weighted by molar-refractivity contribution is -0.129. The van der Waals surface area contributed by atoms with Crippen molar-refractivity contribution >= 4 is 40.3 Å². The molecule has 136 valence electrons. The van der Waals surface area contributed by atoms with Crippen LogP contribution in [0.5, 0.6) is 0 Å². The largest absolute Gasteiger partial charge is 0.447 e. The molecular weight excluding hydrogens is 346 g/mol. The summed E-state index contributed by atoms with van der Waals surface area (Å²) in [6.45, 7) is 6.08. The standard InChI is InChI=1S/C16H27N3O3S2/c1-11(2)13-9-22-15(21)19(13)12-5-7-18(8-6-12)14(20)10-24-16(23)17(3)4/h11-13H,5-10H2,1-4H3. The van der Waals surface area contributed by atoms with Gasteiger partial charge in [0.25, 0.3) is 0 Å². The van der Waals surface area contributed by atoms with E-state index >= 15 is 0 Å². The SMILES string of the molecule is CC(C)C1COC(=O)N1C1CCN(C(=O)CSC(=S)N(C)C)CC1. The normalized spacial score (nSPS) is 22.0. The Labute approximate surface area is 153 Å². The van der Waals surface area contributed by atoms with Gasteiger partial charge in [-0.3, -0.25) is 9.69 Å². The van der Waals surface area contributed by atoms with E-state index < -0.39 is 0 Å². The van der Waals surface area contributed by atoms with Crippen LogP contribution in [0, 0.1) is 5.92 Å². The lowest BCUT2D eigenvalue weighted by Crippen LogP contribution is -2.51. The summed E-state index contributed by atoms with van der Waals surface area (Å²) in [7, 11) is 3.76. The quantitative estimate of drug-likeness (QED) is 0.703. The molecule has 2 fully saturated rings. The summed E-state index contributed by atoms with van der Waals surface area (Å²) < 4.78 is 5.96. The molecule has 2 aliphatic heterocycles. The highest BCUT2D eigenvalue weighted by atomic mass is 32.2. The molecule has 0 N–H and O–H groups in total. The molecule has 8 heteroatoms. The minimum Gasteiger partial charge on any atom is -0.447 e. The first-order valence-electron chi connectivity index (χ1n) is 8.38. The zero-order valence-electron chi connectivity index (χ0n) is 14.9. The summed E-state index contributed by atoms with van der Waals surface area (Å²) in [5, 5.41) is 0. The van der Waals surface area contributed by atoms with Gasteiger partial charge in [0.15, 0.2) is 0 Å². The van der Waals surface area contributed by atoms with E-state index in [-0.39, 0.29) is 24.1 Å². The summed E-state index contributed by atoms with van der Waals surface area (Å²) in [6, 6.07) is 0.324. The number of amides is 2. The number of thioether (sulfide) groups is 1. The molecular formula is C16H27N3O3S2. The van der Waals surface area contributed by atoms with Crippen LogP contribution in [0.25, 0.3) is 0 Å². The lowest BCUT2D eigenvalue weighted by atomic mass is 9.98. The van der Waals surface area contributed by atoms with Gasteiger partial charge in [-0.1, -0.05) is 37.8 Å². The average molecular weight is 374 g/mol. The Morgan fingerprint density at radius 2 is 2.00 bits per heavy atom. The maximum Gasteiger partial charge on any atom is 0.410 e. The summed E-state index contributed by atoms with van der Waals surface area (Å²) in [5.41, 5.74) is 0. The number of carbonyl (C=O) groups is 2. The molecule has 2 rings (SSSR count). The van der Waals surface area contributed by atoms with Gasteiger partial charge in [-0.05, 0) is 18.8 Å². The van der Waals surface area contributed by atoms with Crippen molar-refractivity contribution in [2.45, 2.75) is 38.8 Å². The highest BCUT2D eigenvalue weighted by molar-refractivity contribution is 8.23. The van der Waals surface area contributed by atoms with Crippen LogP contribution < -0.4 is 0 Å². The third kappa shape index (κ3) is 4.53. The molecule has 0 radical (unpaired) electrons. The molecule has 1 atom stereocenters. The molecule has 2 heterocycles. The lowest BCUT2D eigenvalue weighted by Gasteiger charge is -2.38. The third-order valence-corrected chi connectivity index (χ3v) is 6.33. The number of hydrogen-bond donors (Lipinski definition) is 0. The van der Waals surface area contributed by atoms with Crippen LogP contribution in [-0.4, -0.2) is 82.6 Å². The number of nitrogens with zero attached hydrogens (tertiary/aromatic N) is 3. The van der Waals surface area contributed by atoms with Crippen molar-refractivity contribution in [2.24, 2.45) is 5.92 Å². The molecule has 2 amide bonds. The Kier molecular flexibility index (Phi) is 6.74. The van der Waals surface area contributed by atoms with Crippen molar-refractivity contribution in [1.82, 2.24) is 14.7 Å². The van der Waals surface area contributed by atoms with Crippen molar-refractivity contribution < 1.29 is 14.3 Å². The molecule has 0 saturated carbocycles. The van der Waals surface area contributed by atoms with Gasteiger partial charge in [0.1, 0.15) is 10.9 Å². The van der Waals surface area contributed by atoms with Crippen molar-refractivity contribution in [3.05, 3.63) is 0 Å². The van der Waals surface area contributed by atoms with E-state index in [0.717, 1.165) is 17.2 Å². The molecule has 0 aromatic rings. The minimum absolute atomic E-state index is 0.118. The fourth-order valence-corrected chi connectivity index (χ4v) is 3.98. The first kappa shape index (κ1) is 19.3. The molecule has 6 nitrogen and oxygen atoms in total. The van der Waals surface area contributed by atoms with Crippen LogP contribution in [0.15, 0.2) is 0 Å². The number of ether oxygens (including phenoxy) is 1. The van der Waals surface area contributed by atoms with E-state index in [1.54, 1.807) is 0 Å². The molecule has 0 aliphatic carbocycles. The summed E-state index contributed by atoms with van der Waals surface area (Å²) in [5.74, 6) is 0.869.